The van der Waals surface area contributed by atoms with Gasteiger partial charge in [-0.3, -0.25) is 4.79 Å². The van der Waals surface area contributed by atoms with E-state index in [1.165, 1.54) is 12.1 Å². The Labute approximate surface area is 110 Å². The number of carbonyl (C=O) groups excluding carboxylic acids is 1. The van der Waals surface area contributed by atoms with Crippen LogP contribution < -0.4 is 5.32 Å². The minimum atomic E-state index is -0.565. The van der Waals surface area contributed by atoms with Crippen LogP contribution in [0.5, 0.6) is 0 Å². The Bertz CT molecular complexity index is 565. The third-order valence-corrected chi connectivity index (χ3v) is 3.90. The van der Waals surface area contributed by atoms with E-state index in [9.17, 15) is 13.6 Å². The molecule has 19 heavy (non-hydrogen) atoms. The molecule has 0 fully saturated rings. The van der Waals surface area contributed by atoms with Gasteiger partial charge < -0.3 is 5.32 Å². The van der Waals surface area contributed by atoms with E-state index in [2.05, 4.69) is 5.32 Å². The monoisotopic (exact) mass is 263 g/mol. The van der Waals surface area contributed by atoms with Gasteiger partial charge in [-0.1, -0.05) is 6.07 Å². The smallest absolute Gasteiger partial charge is 0.160 e. The number of ketones is 1. The van der Waals surface area contributed by atoms with Crippen LogP contribution in [0.15, 0.2) is 29.5 Å². The Morgan fingerprint density at radius 1 is 1.16 bits per heavy atom. The third-order valence-electron chi connectivity index (χ3n) is 3.90. The fourth-order valence-electron chi connectivity index (χ4n) is 2.93. The fraction of sp³-hybridized carbons (Fsp3) is 0.400. The second-order valence-electron chi connectivity index (χ2n) is 5.14. The van der Waals surface area contributed by atoms with Crippen molar-refractivity contribution in [3.05, 3.63) is 46.7 Å². The first-order valence-electron chi connectivity index (χ1n) is 6.62. The summed E-state index contributed by atoms with van der Waals surface area (Å²) in [4.78, 5) is 11.8. The van der Waals surface area contributed by atoms with Crippen LogP contribution in [0.2, 0.25) is 0 Å². The second-order valence-corrected chi connectivity index (χ2v) is 5.14. The van der Waals surface area contributed by atoms with Crippen molar-refractivity contribution < 1.29 is 13.6 Å². The van der Waals surface area contributed by atoms with Crippen LogP contribution >= 0.6 is 0 Å². The largest absolute Gasteiger partial charge is 0.381 e. The number of halogens is 2. The molecule has 0 saturated carbocycles. The average molecular weight is 263 g/mol. The number of hydrogen-bond donors (Lipinski definition) is 1. The number of allylic oxidation sites excluding steroid dienone is 2. The molecule has 2 nitrogen and oxygen atoms in total. The Morgan fingerprint density at radius 2 is 2.00 bits per heavy atom. The summed E-state index contributed by atoms with van der Waals surface area (Å²) in [6.45, 7) is 0. The lowest BCUT2D eigenvalue weighted by Crippen LogP contribution is -2.31. The second kappa shape index (κ2) is 4.76. The summed E-state index contributed by atoms with van der Waals surface area (Å²) in [5.74, 6) is -0.875. The number of benzene rings is 1. The Morgan fingerprint density at radius 3 is 2.79 bits per heavy atom. The summed E-state index contributed by atoms with van der Waals surface area (Å²) < 4.78 is 26.7. The van der Waals surface area contributed by atoms with Gasteiger partial charge in [0.2, 0.25) is 0 Å². The quantitative estimate of drug-likeness (QED) is 0.841. The van der Waals surface area contributed by atoms with E-state index in [1.807, 2.05) is 0 Å². The van der Waals surface area contributed by atoms with Crippen LogP contribution in [0.3, 0.4) is 0 Å². The molecule has 1 aliphatic heterocycles. The summed E-state index contributed by atoms with van der Waals surface area (Å²) in [7, 11) is 0. The highest BCUT2D eigenvalue weighted by Gasteiger charge is 2.28. The van der Waals surface area contributed by atoms with Gasteiger partial charge in [-0.05, 0) is 31.7 Å². The molecule has 1 atom stereocenters. The minimum absolute atomic E-state index is 0.162. The summed E-state index contributed by atoms with van der Waals surface area (Å²) >= 11 is 0. The fourth-order valence-corrected chi connectivity index (χ4v) is 2.93. The molecule has 3 rings (SSSR count). The molecule has 1 aliphatic carbocycles. The third kappa shape index (κ3) is 2.27. The minimum Gasteiger partial charge on any atom is -0.381 e. The maximum atomic E-state index is 13.8. The van der Waals surface area contributed by atoms with Crippen molar-refractivity contribution in [2.24, 2.45) is 0 Å². The zero-order chi connectivity index (χ0) is 13.4. The molecule has 0 spiro atoms. The number of carbonyl (C=O) groups is 1. The SMILES string of the molecule is O=C1CCCC2=C1CC[C@@H](c1ccc(F)cc1F)N2. The first-order chi connectivity index (χ1) is 9.15. The predicted octanol–water partition coefficient (Wildman–Crippen LogP) is 3.40. The van der Waals surface area contributed by atoms with Crippen LogP contribution in [0.4, 0.5) is 8.78 Å². The van der Waals surface area contributed by atoms with Gasteiger partial charge in [-0.2, -0.15) is 0 Å². The molecule has 0 saturated heterocycles. The van der Waals surface area contributed by atoms with E-state index >= 15 is 0 Å². The predicted molar refractivity (Wildman–Crippen MR) is 67.4 cm³/mol. The van der Waals surface area contributed by atoms with Crippen LogP contribution in [0.25, 0.3) is 0 Å². The van der Waals surface area contributed by atoms with Gasteiger partial charge in [0.25, 0.3) is 0 Å². The molecule has 100 valence electrons. The van der Waals surface area contributed by atoms with Crippen molar-refractivity contribution >= 4 is 5.78 Å². The van der Waals surface area contributed by atoms with Crippen LogP contribution in [0.1, 0.15) is 43.7 Å². The van der Waals surface area contributed by atoms with E-state index in [0.29, 0.717) is 24.8 Å². The van der Waals surface area contributed by atoms with Crippen LogP contribution in [-0.2, 0) is 4.79 Å². The molecule has 0 unspecified atom stereocenters. The normalized spacial score (nSPS) is 23.1. The Balaban J connectivity index is 1.87. The summed E-state index contributed by atoms with van der Waals surface area (Å²) in [6.07, 6.45) is 3.68. The van der Waals surface area contributed by atoms with Gasteiger partial charge in [-0.15, -0.1) is 0 Å². The van der Waals surface area contributed by atoms with Gasteiger partial charge in [0.15, 0.2) is 5.78 Å². The molecular formula is C15H15F2NO. The number of Topliss-reactive ketones (excluding diaryl/α,β-unsaturated/α-hetero) is 1. The van der Waals surface area contributed by atoms with Gasteiger partial charge in [0, 0.05) is 29.3 Å². The van der Waals surface area contributed by atoms with E-state index in [4.69, 9.17) is 0 Å². The lowest BCUT2D eigenvalue weighted by Gasteiger charge is -2.32. The van der Waals surface area contributed by atoms with Crippen molar-refractivity contribution in [2.75, 3.05) is 0 Å². The highest BCUT2D eigenvalue weighted by Crippen LogP contribution is 2.34. The highest BCUT2D eigenvalue weighted by molar-refractivity contribution is 5.97. The first-order valence-corrected chi connectivity index (χ1v) is 6.62. The Kier molecular flexibility index (Phi) is 3.09. The average Bonchev–Trinajstić information content (AvgIpc) is 2.38. The van der Waals surface area contributed by atoms with E-state index in [-0.39, 0.29) is 11.8 Å². The van der Waals surface area contributed by atoms with Crippen molar-refractivity contribution in [3.63, 3.8) is 0 Å². The number of nitrogens with one attached hydrogen (secondary N) is 1. The standard InChI is InChI=1S/C15H15F2NO/c16-9-4-5-10(12(17)8-9)14-7-6-11-13(18-14)2-1-3-15(11)19/h4-5,8,14,18H,1-3,6-7H2/t14-/m0/s1. The summed E-state index contributed by atoms with van der Waals surface area (Å²) in [6, 6.07) is 3.51. The molecule has 1 aromatic rings. The maximum Gasteiger partial charge on any atom is 0.160 e. The lowest BCUT2D eigenvalue weighted by atomic mass is 9.85. The molecule has 0 amide bonds. The van der Waals surface area contributed by atoms with Crippen LogP contribution in [-0.4, -0.2) is 5.78 Å². The van der Waals surface area contributed by atoms with Gasteiger partial charge in [-0.25, -0.2) is 8.78 Å². The van der Waals surface area contributed by atoms with Gasteiger partial charge in [0.1, 0.15) is 11.6 Å². The van der Waals surface area contributed by atoms with Crippen molar-refractivity contribution in [1.82, 2.24) is 5.32 Å². The summed E-state index contributed by atoms with van der Waals surface area (Å²) in [5, 5.41) is 3.26. The molecule has 4 heteroatoms. The van der Waals surface area contributed by atoms with Gasteiger partial charge in [0.05, 0.1) is 6.04 Å². The highest BCUT2D eigenvalue weighted by atomic mass is 19.1. The van der Waals surface area contributed by atoms with Crippen molar-refractivity contribution in [3.8, 4) is 0 Å². The molecule has 1 heterocycles. The molecule has 0 bridgehead atoms. The molecule has 2 aliphatic rings. The summed E-state index contributed by atoms with van der Waals surface area (Å²) in [5.41, 5.74) is 2.31. The van der Waals surface area contributed by atoms with E-state index < -0.39 is 11.6 Å². The van der Waals surface area contributed by atoms with Crippen LogP contribution in [0, 0.1) is 11.6 Å². The van der Waals surface area contributed by atoms with Gasteiger partial charge >= 0.3 is 0 Å². The van der Waals surface area contributed by atoms with E-state index in [0.717, 1.165) is 30.2 Å². The zero-order valence-electron chi connectivity index (χ0n) is 10.5. The maximum absolute atomic E-state index is 13.8. The lowest BCUT2D eigenvalue weighted by molar-refractivity contribution is -0.116. The Hall–Kier alpha value is -1.71. The van der Waals surface area contributed by atoms with Crippen molar-refractivity contribution in [1.29, 1.82) is 0 Å². The van der Waals surface area contributed by atoms with Crippen molar-refractivity contribution in [2.45, 2.75) is 38.1 Å². The van der Waals surface area contributed by atoms with E-state index in [1.54, 1.807) is 0 Å². The molecule has 1 aromatic carbocycles. The molecule has 1 N–H and O–H groups in total. The molecule has 0 aromatic heterocycles. The zero-order valence-corrected chi connectivity index (χ0v) is 10.5. The first kappa shape index (κ1) is 12.3. The topological polar surface area (TPSA) is 29.1 Å². The number of hydrogen-bond acceptors (Lipinski definition) is 2. The molecular weight excluding hydrogens is 248 g/mol. The molecule has 0 radical (unpaired) electrons. The number of rotatable bonds is 1.